The van der Waals surface area contributed by atoms with Crippen LogP contribution in [-0.4, -0.2) is 111 Å². The number of tetrazole rings is 1. The normalized spacial score (nSPS) is 13.9. The Morgan fingerprint density at radius 1 is 1.00 bits per heavy atom. The zero-order chi connectivity index (χ0) is 41.6. The van der Waals surface area contributed by atoms with E-state index in [1.54, 1.807) is 63.4 Å². The number of nitrogens with one attached hydrogen (secondary N) is 3. The summed E-state index contributed by atoms with van der Waals surface area (Å²) in [5.74, 6) is 1.32. The topological polar surface area (TPSA) is 191 Å². The van der Waals surface area contributed by atoms with Crippen molar-refractivity contribution >= 4 is 57.9 Å². The molecule has 5 heterocycles. The molecule has 0 bridgehead atoms. The largest absolute Gasteiger partial charge is 0.497 e. The van der Waals surface area contributed by atoms with Crippen LogP contribution in [0.15, 0.2) is 52.8 Å². The van der Waals surface area contributed by atoms with Gasteiger partial charge in [-0.05, 0) is 71.2 Å². The molecule has 1 saturated heterocycles. The lowest BCUT2D eigenvalue weighted by Crippen LogP contribution is -2.49. The summed E-state index contributed by atoms with van der Waals surface area (Å²) in [5.41, 5.74) is 2.32. The Kier molecular flexibility index (Phi) is 12.7. The smallest absolute Gasteiger partial charge is 0.416 e. The van der Waals surface area contributed by atoms with Crippen molar-refractivity contribution < 1.29 is 23.6 Å². The average molecular weight is 812 g/mol. The summed E-state index contributed by atoms with van der Waals surface area (Å²) in [6, 6.07) is 10.6. The highest BCUT2D eigenvalue weighted by molar-refractivity contribution is 7.14. The third kappa shape index (κ3) is 10.3. The van der Waals surface area contributed by atoms with Gasteiger partial charge in [0.1, 0.15) is 17.2 Å². The van der Waals surface area contributed by atoms with Crippen molar-refractivity contribution in [1.82, 2.24) is 45.2 Å². The van der Waals surface area contributed by atoms with Gasteiger partial charge < -0.3 is 20.3 Å². The molecule has 0 aliphatic carbocycles. The van der Waals surface area contributed by atoms with E-state index in [-0.39, 0.29) is 39.2 Å². The summed E-state index contributed by atoms with van der Waals surface area (Å²) in [6.45, 7) is 8.37. The first-order valence-corrected chi connectivity index (χ1v) is 20.0. The Hall–Kier alpha value is -6.01. The number of fused-ring (bicyclic) bond motifs is 1. The van der Waals surface area contributed by atoms with Gasteiger partial charge in [0.05, 0.1) is 46.1 Å². The minimum absolute atomic E-state index is 0.0748. The molecule has 18 heteroatoms. The van der Waals surface area contributed by atoms with Crippen LogP contribution < -0.4 is 31.1 Å². The zero-order valence-corrected chi connectivity index (χ0v) is 34.8. The van der Waals surface area contributed by atoms with Gasteiger partial charge in [-0.15, -0.1) is 16.4 Å². The Balaban J connectivity index is 1.22. The third-order valence-electron chi connectivity index (χ3n) is 9.77. The van der Waals surface area contributed by atoms with Crippen molar-refractivity contribution in [2.24, 2.45) is 5.92 Å². The Labute approximate surface area is 340 Å². The van der Waals surface area contributed by atoms with E-state index in [9.17, 15) is 19.2 Å². The molecule has 0 unspecified atom stereocenters. The molecule has 1 aliphatic heterocycles. The molecule has 0 spiro atoms. The second kappa shape index (κ2) is 17.6. The number of amides is 4. The zero-order valence-electron chi connectivity index (χ0n) is 34.0. The van der Waals surface area contributed by atoms with Gasteiger partial charge in [0.25, 0.3) is 11.5 Å². The van der Waals surface area contributed by atoms with E-state index in [0.29, 0.717) is 85.5 Å². The number of piperidine rings is 1. The molecule has 4 amide bonds. The predicted molar refractivity (Wildman–Crippen MR) is 223 cm³/mol. The number of anilines is 2. The molecule has 6 rings (SSSR count). The molecule has 58 heavy (non-hydrogen) atoms. The number of hydrogen-bond donors (Lipinski definition) is 3. The van der Waals surface area contributed by atoms with Crippen LogP contribution in [0.3, 0.4) is 0 Å². The number of rotatable bonds is 13. The molecule has 4 aromatic heterocycles. The van der Waals surface area contributed by atoms with Crippen LogP contribution in [0.25, 0.3) is 17.8 Å². The minimum atomic E-state index is -0.365. The van der Waals surface area contributed by atoms with E-state index in [4.69, 9.17) is 9.72 Å². The van der Waals surface area contributed by atoms with Gasteiger partial charge in [-0.3, -0.25) is 24.1 Å². The maximum absolute atomic E-state index is 14.3. The lowest BCUT2D eigenvalue weighted by molar-refractivity contribution is -0.787. The molecule has 17 nitrogen and oxygen atoms in total. The van der Waals surface area contributed by atoms with E-state index >= 15 is 0 Å². The van der Waals surface area contributed by atoms with Crippen molar-refractivity contribution in [2.75, 3.05) is 64.6 Å². The molecular formula is C40H51N12O5S+. The molecule has 0 radical (unpaired) electrons. The fourth-order valence-electron chi connectivity index (χ4n) is 6.31. The molecular weight excluding hydrogens is 761 g/mol. The Morgan fingerprint density at radius 2 is 1.72 bits per heavy atom. The first-order chi connectivity index (χ1) is 27.6. The number of quaternary nitrogens is 1. The monoisotopic (exact) mass is 811 g/mol. The van der Waals surface area contributed by atoms with Gasteiger partial charge in [0.2, 0.25) is 5.91 Å². The van der Waals surface area contributed by atoms with E-state index in [1.165, 1.54) is 15.7 Å². The quantitative estimate of drug-likeness (QED) is 0.115. The number of ether oxygens (including phenoxy) is 1. The van der Waals surface area contributed by atoms with E-state index in [0.717, 1.165) is 17.0 Å². The number of pyridine rings is 1. The van der Waals surface area contributed by atoms with Gasteiger partial charge in [0.15, 0.2) is 11.0 Å². The maximum Gasteiger partial charge on any atom is 0.416 e. The second-order valence-electron chi connectivity index (χ2n) is 16.1. The Bertz CT molecular complexity index is 2350. The van der Waals surface area contributed by atoms with Crippen molar-refractivity contribution in [1.29, 1.82) is 0 Å². The Morgan fingerprint density at radius 3 is 2.40 bits per heavy atom. The second-order valence-corrected chi connectivity index (χ2v) is 17.0. The molecule has 1 aliphatic rings. The van der Waals surface area contributed by atoms with E-state index in [1.807, 2.05) is 34.5 Å². The average Bonchev–Trinajstić information content (AvgIpc) is 3.85. The molecule has 0 atom stereocenters. The molecule has 1 aromatic carbocycles. The summed E-state index contributed by atoms with van der Waals surface area (Å²) in [4.78, 5) is 64.2. The number of aromatic nitrogens is 7. The lowest BCUT2D eigenvalue weighted by Gasteiger charge is -2.33. The number of carbonyl (C=O) groups excluding carboxylic acids is 3. The van der Waals surface area contributed by atoms with Crippen LogP contribution in [0.2, 0.25) is 0 Å². The summed E-state index contributed by atoms with van der Waals surface area (Å²) < 4.78 is 8.48. The van der Waals surface area contributed by atoms with Crippen LogP contribution in [0.4, 0.5) is 15.7 Å². The summed E-state index contributed by atoms with van der Waals surface area (Å²) in [6.07, 6.45) is 6.67. The van der Waals surface area contributed by atoms with Gasteiger partial charge in [-0.2, -0.15) is 0 Å². The van der Waals surface area contributed by atoms with Gasteiger partial charge >= 0.3 is 6.03 Å². The van der Waals surface area contributed by atoms with Gasteiger partial charge in [-0.25, -0.2) is 23.9 Å². The molecule has 3 N–H and O–H groups in total. The fourth-order valence-corrected chi connectivity index (χ4v) is 7.24. The SMILES string of the molecule is COc1ccc(Cn2nnnc2/C=C/c2c(N3CCC(CC(=O)NCCNC(=O)[N+](C)(C)C)CC3)nc3cc(C(=O)Nc4nc(C(C)(C)C)cs4)ccn3c2=O)cc1. The number of hydrogen-bond acceptors (Lipinski definition) is 12. The van der Waals surface area contributed by atoms with Crippen molar-refractivity contribution in [3.05, 3.63) is 86.5 Å². The number of urea groups is 1. The minimum Gasteiger partial charge on any atom is -0.497 e. The van der Waals surface area contributed by atoms with Crippen molar-refractivity contribution in [3.63, 3.8) is 0 Å². The predicted octanol–water partition coefficient (Wildman–Crippen LogP) is 4.05. The summed E-state index contributed by atoms with van der Waals surface area (Å²) in [5, 5.41) is 23.3. The number of benzene rings is 1. The first-order valence-electron chi connectivity index (χ1n) is 19.1. The standard InChI is InChI=1S/C40H50N12O5S/c1-40(2,3)31-25-58-38(43-31)45-36(54)28-16-21-50-33(23-28)44-35(49-19-14-26(15-20-49)22-34(53)41-17-18-42-39(56)52(4,5)6)30(37(50)55)12-13-32-46-47-48-51(32)24-27-8-10-29(57-7)11-9-27/h8-13,16,21,23,25-26H,14-15,17-20,22,24H2,1-7H3,(H2-,41,42,43,45,53,54,56)/p+1/b13-12+. The maximum atomic E-state index is 14.3. The van der Waals surface area contributed by atoms with Crippen molar-refractivity contribution in [2.45, 2.75) is 52.0 Å². The van der Waals surface area contributed by atoms with Gasteiger partial charge in [-0.1, -0.05) is 32.9 Å². The van der Waals surface area contributed by atoms with E-state index < -0.39 is 0 Å². The van der Waals surface area contributed by atoms with Crippen LogP contribution >= 0.6 is 11.3 Å². The first kappa shape index (κ1) is 41.6. The number of thiazole rings is 1. The van der Waals surface area contributed by atoms with Crippen LogP contribution in [-0.2, 0) is 16.8 Å². The molecule has 5 aromatic rings. The van der Waals surface area contributed by atoms with Crippen LogP contribution in [0.1, 0.15) is 73.0 Å². The highest BCUT2D eigenvalue weighted by Crippen LogP contribution is 2.29. The number of nitrogens with zero attached hydrogens (tertiary/aromatic N) is 9. The fraction of sp³-hybridized carbons (Fsp3) is 0.425. The number of methoxy groups -OCH3 is 1. The highest BCUT2D eigenvalue weighted by Gasteiger charge is 2.26. The van der Waals surface area contributed by atoms with E-state index in [2.05, 4.69) is 57.2 Å². The highest BCUT2D eigenvalue weighted by atomic mass is 32.1. The number of carbonyl (C=O) groups is 3. The van der Waals surface area contributed by atoms with Crippen LogP contribution in [0, 0.1) is 5.92 Å². The summed E-state index contributed by atoms with van der Waals surface area (Å²) >= 11 is 1.36. The van der Waals surface area contributed by atoms with Crippen LogP contribution in [0.5, 0.6) is 5.75 Å². The third-order valence-corrected chi connectivity index (χ3v) is 10.5. The molecule has 0 saturated carbocycles. The van der Waals surface area contributed by atoms with Gasteiger partial charge in [0, 0.05) is 55.2 Å². The van der Waals surface area contributed by atoms with Crippen molar-refractivity contribution in [3.8, 4) is 5.75 Å². The summed E-state index contributed by atoms with van der Waals surface area (Å²) in [7, 11) is 6.95. The molecule has 1 fully saturated rings. The lowest BCUT2D eigenvalue weighted by atomic mass is 9.93. The molecule has 306 valence electrons.